The Balaban J connectivity index is 1.46. The number of hydrogen-bond acceptors (Lipinski definition) is 3. The first kappa shape index (κ1) is 26.5. The Labute approximate surface area is 227 Å². The van der Waals surface area contributed by atoms with Crippen molar-refractivity contribution in [3.8, 4) is 28.0 Å². The van der Waals surface area contributed by atoms with Gasteiger partial charge in [0.05, 0.1) is 12.2 Å². The predicted octanol–water partition coefficient (Wildman–Crippen LogP) is 7.98. The van der Waals surface area contributed by atoms with Crippen LogP contribution in [0.4, 0.5) is 0 Å². The van der Waals surface area contributed by atoms with Crippen LogP contribution >= 0.6 is 0 Å². The van der Waals surface area contributed by atoms with E-state index < -0.39 is 5.97 Å². The van der Waals surface area contributed by atoms with E-state index in [-0.39, 0.29) is 10.8 Å². The van der Waals surface area contributed by atoms with E-state index in [0.717, 1.165) is 67.3 Å². The SMILES string of the molecule is CC1(C)CCC(C)(C)c2c(OCCCCNC3CC3)cc(-c3cccc(-c4ccc(C(=O)O)cc4)c3)cc21. The van der Waals surface area contributed by atoms with E-state index >= 15 is 0 Å². The van der Waals surface area contributed by atoms with E-state index in [1.54, 1.807) is 12.1 Å². The van der Waals surface area contributed by atoms with E-state index in [0.29, 0.717) is 5.56 Å². The van der Waals surface area contributed by atoms with E-state index in [4.69, 9.17) is 4.74 Å². The Hall–Kier alpha value is -3.11. The predicted molar refractivity (Wildman–Crippen MR) is 155 cm³/mol. The van der Waals surface area contributed by atoms with Crippen LogP contribution < -0.4 is 10.1 Å². The fraction of sp³-hybridized carbons (Fsp3) is 0.441. The zero-order chi connectivity index (χ0) is 26.9. The lowest BCUT2D eigenvalue weighted by atomic mass is 9.62. The van der Waals surface area contributed by atoms with Crippen LogP contribution in [0.1, 0.15) is 87.7 Å². The third-order valence-electron chi connectivity index (χ3n) is 8.38. The molecular formula is C34H41NO3. The molecule has 0 unspecified atom stereocenters. The van der Waals surface area contributed by atoms with Crippen molar-refractivity contribution in [1.29, 1.82) is 0 Å². The van der Waals surface area contributed by atoms with Crippen LogP contribution in [0.15, 0.2) is 60.7 Å². The quantitative estimate of drug-likeness (QED) is 0.271. The molecule has 0 amide bonds. The maximum Gasteiger partial charge on any atom is 0.335 e. The van der Waals surface area contributed by atoms with Crippen molar-refractivity contribution in [1.82, 2.24) is 5.32 Å². The number of benzene rings is 3. The first-order valence-corrected chi connectivity index (χ1v) is 14.1. The molecule has 2 N–H and O–H groups in total. The van der Waals surface area contributed by atoms with Gasteiger partial charge >= 0.3 is 5.97 Å². The van der Waals surface area contributed by atoms with E-state index in [1.165, 1.54) is 29.5 Å². The molecule has 3 aromatic carbocycles. The van der Waals surface area contributed by atoms with E-state index in [2.05, 4.69) is 69.4 Å². The lowest BCUT2D eigenvalue weighted by Crippen LogP contribution is -2.34. The highest BCUT2D eigenvalue weighted by Gasteiger charge is 2.39. The van der Waals surface area contributed by atoms with Crippen molar-refractivity contribution < 1.29 is 14.6 Å². The molecule has 3 aromatic rings. The van der Waals surface area contributed by atoms with Gasteiger partial charge in [-0.15, -0.1) is 0 Å². The number of hydrogen-bond donors (Lipinski definition) is 2. The number of carbonyl (C=O) groups is 1. The minimum atomic E-state index is -0.906. The number of carboxylic acid groups (broad SMARTS) is 1. The van der Waals surface area contributed by atoms with Crippen LogP contribution in [-0.2, 0) is 10.8 Å². The molecule has 2 aliphatic carbocycles. The maximum atomic E-state index is 11.3. The number of aromatic carboxylic acids is 1. The number of nitrogens with one attached hydrogen (secondary N) is 1. The topological polar surface area (TPSA) is 58.6 Å². The van der Waals surface area contributed by atoms with Crippen molar-refractivity contribution in [3.05, 3.63) is 77.4 Å². The van der Waals surface area contributed by atoms with Gasteiger partial charge in [0.2, 0.25) is 0 Å². The first-order chi connectivity index (χ1) is 18.1. The summed E-state index contributed by atoms with van der Waals surface area (Å²) in [4.78, 5) is 11.3. The van der Waals surface area contributed by atoms with E-state index in [9.17, 15) is 9.90 Å². The summed E-state index contributed by atoms with van der Waals surface area (Å²) in [6, 6.07) is 21.0. The highest BCUT2D eigenvalue weighted by Crippen LogP contribution is 2.51. The second-order valence-electron chi connectivity index (χ2n) is 12.4. The van der Waals surface area contributed by atoms with Crippen LogP contribution in [0, 0.1) is 0 Å². The van der Waals surface area contributed by atoms with Crippen LogP contribution in [0.25, 0.3) is 22.3 Å². The fourth-order valence-electron chi connectivity index (χ4n) is 5.70. The van der Waals surface area contributed by atoms with E-state index in [1.807, 2.05) is 12.1 Å². The van der Waals surface area contributed by atoms with Gasteiger partial charge in [-0.25, -0.2) is 4.79 Å². The number of fused-ring (bicyclic) bond motifs is 1. The summed E-state index contributed by atoms with van der Waals surface area (Å²) in [6.45, 7) is 11.2. The second kappa shape index (κ2) is 10.6. The number of ether oxygens (including phenoxy) is 1. The molecule has 1 saturated carbocycles. The third kappa shape index (κ3) is 5.81. The minimum absolute atomic E-state index is 0.0694. The highest BCUT2D eigenvalue weighted by molar-refractivity contribution is 5.88. The number of carboxylic acids is 1. The molecule has 5 rings (SSSR count). The van der Waals surface area contributed by atoms with Gasteiger partial charge in [0.1, 0.15) is 5.75 Å². The Kier molecular flexibility index (Phi) is 7.37. The number of unbranched alkanes of at least 4 members (excludes halogenated alkanes) is 1. The zero-order valence-corrected chi connectivity index (χ0v) is 23.3. The fourth-order valence-corrected chi connectivity index (χ4v) is 5.70. The molecule has 0 radical (unpaired) electrons. The molecule has 0 spiro atoms. The Morgan fingerprint density at radius 2 is 1.55 bits per heavy atom. The third-order valence-corrected chi connectivity index (χ3v) is 8.38. The zero-order valence-electron chi connectivity index (χ0n) is 23.3. The highest BCUT2D eigenvalue weighted by atomic mass is 16.5. The van der Waals surface area contributed by atoms with Crippen LogP contribution in [0.2, 0.25) is 0 Å². The van der Waals surface area contributed by atoms with Gasteiger partial charge in [-0.3, -0.25) is 0 Å². The summed E-state index contributed by atoms with van der Waals surface area (Å²) in [5.41, 5.74) is 7.61. The molecule has 0 saturated heterocycles. The molecule has 0 aliphatic heterocycles. The molecule has 4 nitrogen and oxygen atoms in total. The van der Waals surface area contributed by atoms with Crippen LogP contribution in [-0.4, -0.2) is 30.3 Å². The van der Waals surface area contributed by atoms with Crippen LogP contribution in [0.5, 0.6) is 5.75 Å². The Bertz CT molecular complexity index is 1300. The van der Waals surface area contributed by atoms with Gasteiger partial charge in [0.15, 0.2) is 0 Å². The summed E-state index contributed by atoms with van der Waals surface area (Å²) >= 11 is 0. The molecule has 200 valence electrons. The lowest BCUT2D eigenvalue weighted by Gasteiger charge is -2.43. The lowest BCUT2D eigenvalue weighted by molar-refractivity contribution is 0.0697. The van der Waals surface area contributed by atoms with Gasteiger partial charge in [0.25, 0.3) is 0 Å². The second-order valence-corrected chi connectivity index (χ2v) is 12.4. The Morgan fingerprint density at radius 3 is 2.24 bits per heavy atom. The van der Waals surface area contributed by atoms with Crippen molar-refractivity contribution in [2.24, 2.45) is 0 Å². The largest absolute Gasteiger partial charge is 0.493 e. The average molecular weight is 512 g/mol. The molecule has 0 heterocycles. The van der Waals surface area contributed by atoms with Gasteiger partial charge in [-0.2, -0.15) is 0 Å². The molecule has 0 atom stereocenters. The smallest absolute Gasteiger partial charge is 0.335 e. The van der Waals surface area contributed by atoms with Crippen molar-refractivity contribution in [3.63, 3.8) is 0 Å². The summed E-state index contributed by atoms with van der Waals surface area (Å²) in [5.74, 6) is 0.123. The van der Waals surface area contributed by atoms with Crippen molar-refractivity contribution in [2.75, 3.05) is 13.2 Å². The normalized spacial score (nSPS) is 17.6. The van der Waals surface area contributed by atoms with Gasteiger partial charge in [-0.1, -0.05) is 64.1 Å². The monoisotopic (exact) mass is 511 g/mol. The van der Waals surface area contributed by atoms with Crippen molar-refractivity contribution >= 4 is 5.97 Å². The van der Waals surface area contributed by atoms with Gasteiger partial charge < -0.3 is 15.2 Å². The number of rotatable bonds is 10. The van der Waals surface area contributed by atoms with Gasteiger partial charge in [0, 0.05) is 11.6 Å². The molecule has 0 aromatic heterocycles. The average Bonchev–Trinajstić information content (AvgIpc) is 3.73. The molecular weight excluding hydrogens is 470 g/mol. The Morgan fingerprint density at radius 1 is 0.868 bits per heavy atom. The van der Waals surface area contributed by atoms with Crippen LogP contribution in [0.3, 0.4) is 0 Å². The summed E-state index contributed by atoms with van der Waals surface area (Å²) < 4.78 is 6.59. The maximum absolute atomic E-state index is 11.3. The van der Waals surface area contributed by atoms with Gasteiger partial charge in [-0.05, 0) is 108 Å². The molecule has 0 bridgehead atoms. The first-order valence-electron chi connectivity index (χ1n) is 14.1. The molecule has 1 fully saturated rings. The summed E-state index contributed by atoms with van der Waals surface area (Å²) in [5, 5.41) is 12.9. The summed E-state index contributed by atoms with van der Waals surface area (Å²) in [6.07, 6.45) is 7.14. The molecule has 2 aliphatic rings. The minimum Gasteiger partial charge on any atom is -0.493 e. The summed E-state index contributed by atoms with van der Waals surface area (Å²) in [7, 11) is 0. The molecule has 4 heteroatoms. The van der Waals surface area contributed by atoms with Crippen molar-refractivity contribution in [2.45, 2.75) is 83.1 Å². The molecule has 38 heavy (non-hydrogen) atoms. The standard InChI is InChI=1S/C34H41NO3/c1-33(2)16-17-34(3,4)31-29(33)21-27(22-30(31)38-19-6-5-18-35-28-14-15-28)26-9-7-8-25(20-26)23-10-12-24(13-11-23)32(36)37/h7-13,20-22,28,35H,5-6,14-19H2,1-4H3,(H,36,37).